The Hall–Kier alpha value is -1.86. The number of nitrogens with zero attached hydrogens (tertiary/aromatic N) is 1. The number of benzene rings is 1. The van der Waals surface area contributed by atoms with Gasteiger partial charge in [-0.1, -0.05) is 18.5 Å². The molecule has 0 aliphatic carbocycles. The smallest absolute Gasteiger partial charge is 0.338 e. The molecule has 0 heterocycles. The molecule has 1 rings (SSSR count). The molecule has 0 spiro atoms. The minimum absolute atomic E-state index is 0.0343. The summed E-state index contributed by atoms with van der Waals surface area (Å²) in [6.07, 6.45) is 1.07. The number of carboxylic acids is 1. The Morgan fingerprint density at radius 2 is 2.20 bits per heavy atom. The number of nitrogens with one attached hydrogen (secondary N) is 1. The molecule has 1 aromatic carbocycles. The number of hydrogen-bond donors (Lipinski definition) is 3. The zero-order valence-electron chi connectivity index (χ0n) is 10.8. The number of non-ortho nitro benzene ring substituents is 1. The molecule has 0 radical (unpaired) electrons. The molecule has 7 nitrogen and oxygen atoms in total. The Morgan fingerprint density at radius 3 is 2.65 bits per heavy atom. The number of nitro benzene ring substituents is 1. The number of anilines is 1. The second-order valence-corrected chi connectivity index (χ2v) is 4.58. The molecule has 0 amide bonds. The van der Waals surface area contributed by atoms with E-state index in [0.29, 0.717) is 12.8 Å². The molecule has 0 bridgehead atoms. The number of nitro groups is 1. The Kier molecular flexibility index (Phi) is 5.72. The summed E-state index contributed by atoms with van der Waals surface area (Å²) in [6, 6.07) is 1.89. The molecule has 0 saturated carbocycles. The predicted molar refractivity (Wildman–Crippen MR) is 74.5 cm³/mol. The molecule has 1 aromatic rings. The van der Waals surface area contributed by atoms with Gasteiger partial charge in [0.15, 0.2) is 0 Å². The van der Waals surface area contributed by atoms with Crippen LogP contribution < -0.4 is 5.32 Å². The van der Waals surface area contributed by atoms with E-state index in [1.54, 1.807) is 0 Å². The number of hydrogen-bond acceptors (Lipinski definition) is 5. The first-order valence-corrected chi connectivity index (χ1v) is 6.37. The highest BCUT2D eigenvalue weighted by Crippen LogP contribution is 2.32. The van der Waals surface area contributed by atoms with Crippen LogP contribution in [0.15, 0.2) is 12.1 Å². The van der Waals surface area contributed by atoms with Crippen molar-refractivity contribution in [2.24, 2.45) is 0 Å². The predicted octanol–water partition coefficient (Wildman–Crippen LogP) is 2.52. The van der Waals surface area contributed by atoms with Crippen molar-refractivity contribution in [3.63, 3.8) is 0 Å². The van der Waals surface area contributed by atoms with E-state index in [1.807, 2.05) is 6.92 Å². The Balaban J connectivity index is 3.23. The van der Waals surface area contributed by atoms with E-state index >= 15 is 0 Å². The number of carbonyl (C=O) groups is 1. The first-order chi connectivity index (χ1) is 9.40. The molecule has 0 aliphatic heterocycles. The van der Waals surface area contributed by atoms with Gasteiger partial charge in [-0.15, -0.1) is 0 Å². The maximum Gasteiger partial charge on any atom is 0.338 e. The minimum Gasteiger partial charge on any atom is -0.478 e. The summed E-state index contributed by atoms with van der Waals surface area (Å²) < 4.78 is 0. The maximum atomic E-state index is 11.2. The Bertz CT molecular complexity index is 521. The molecule has 0 aromatic heterocycles. The van der Waals surface area contributed by atoms with Crippen molar-refractivity contribution in [1.29, 1.82) is 0 Å². The van der Waals surface area contributed by atoms with Gasteiger partial charge in [0.2, 0.25) is 0 Å². The number of aliphatic hydroxyl groups is 1. The van der Waals surface area contributed by atoms with Crippen LogP contribution in [0.3, 0.4) is 0 Å². The van der Waals surface area contributed by atoms with Crippen molar-refractivity contribution < 1.29 is 19.9 Å². The summed E-state index contributed by atoms with van der Waals surface area (Å²) >= 11 is 5.93. The topological polar surface area (TPSA) is 113 Å². The highest BCUT2D eigenvalue weighted by atomic mass is 35.5. The van der Waals surface area contributed by atoms with Gasteiger partial charge >= 0.3 is 5.97 Å². The normalized spacial score (nSPS) is 11.9. The van der Waals surface area contributed by atoms with Gasteiger partial charge < -0.3 is 15.5 Å². The van der Waals surface area contributed by atoms with Crippen LogP contribution in [0.2, 0.25) is 5.02 Å². The van der Waals surface area contributed by atoms with Crippen LogP contribution in [0.4, 0.5) is 11.4 Å². The number of aliphatic hydroxyl groups excluding tert-OH is 1. The average Bonchev–Trinajstić information content (AvgIpc) is 2.39. The third kappa shape index (κ3) is 3.82. The second kappa shape index (κ2) is 7.06. The van der Waals surface area contributed by atoms with Crippen molar-refractivity contribution in [2.45, 2.75) is 25.8 Å². The third-order valence-corrected chi connectivity index (χ3v) is 3.13. The summed E-state index contributed by atoms with van der Waals surface area (Å²) in [6.45, 7) is 1.81. The molecule has 0 aliphatic rings. The van der Waals surface area contributed by atoms with E-state index in [4.69, 9.17) is 21.8 Å². The van der Waals surface area contributed by atoms with E-state index in [1.165, 1.54) is 0 Å². The minimum atomic E-state index is -1.31. The van der Waals surface area contributed by atoms with Gasteiger partial charge in [-0.2, -0.15) is 0 Å². The standard InChI is InChI=1S/C12H15ClN2O5/c1-2-7(3-4-16)14-11-9(12(17)18)5-8(15(19)20)6-10(11)13/h5-7,14,16H,2-4H2,1H3,(H,17,18). The lowest BCUT2D eigenvalue weighted by Crippen LogP contribution is -2.21. The zero-order chi connectivity index (χ0) is 15.3. The molecule has 20 heavy (non-hydrogen) atoms. The van der Waals surface area contributed by atoms with Gasteiger partial charge in [0, 0.05) is 24.8 Å². The van der Waals surface area contributed by atoms with Gasteiger partial charge in [-0.25, -0.2) is 4.79 Å². The van der Waals surface area contributed by atoms with Crippen LogP contribution in [-0.4, -0.2) is 33.8 Å². The third-order valence-electron chi connectivity index (χ3n) is 2.84. The van der Waals surface area contributed by atoms with Crippen molar-refractivity contribution >= 4 is 28.9 Å². The number of carboxylic acid groups (broad SMARTS) is 1. The van der Waals surface area contributed by atoms with Crippen molar-refractivity contribution in [2.75, 3.05) is 11.9 Å². The van der Waals surface area contributed by atoms with Crippen LogP contribution in [0, 0.1) is 10.1 Å². The quantitative estimate of drug-likeness (QED) is 0.527. The fourth-order valence-electron chi connectivity index (χ4n) is 1.75. The number of aromatic carboxylic acids is 1. The largest absolute Gasteiger partial charge is 0.478 e. The summed E-state index contributed by atoms with van der Waals surface area (Å²) in [5.74, 6) is -1.31. The monoisotopic (exact) mass is 302 g/mol. The first-order valence-electron chi connectivity index (χ1n) is 5.99. The van der Waals surface area contributed by atoms with E-state index in [9.17, 15) is 14.9 Å². The van der Waals surface area contributed by atoms with E-state index in [-0.39, 0.29) is 34.6 Å². The van der Waals surface area contributed by atoms with Gasteiger partial charge in [0.1, 0.15) is 0 Å². The van der Waals surface area contributed by atoms with E-state index in [2.05, 4.69) is 5.32 Å². The lowest BCUT2D eigenvalue weighted by Gasteiger charge is -2.19. The highest BCUT2D eigenvalue weighted by molar-refractivity contribution is 6.34. The molecule has 1 atom stereocenters. The van der Waals surface area contributed by atoms with E-state index < -0.39 is 10.9 Å². The SMILES string of the molecule is CCC(CCO)Nc1c(Cl)cc([N+](=O)[O-])cc1C(=O)O. The summed E-state index contributed by atoms with van der Waals surface area (Å²) in [4.78, 5) is 21.2. The van der Waals surface area contributed by atoms with Gasteiger partial charge in [0.05, 0.1) is 21.2 Å². The fraction of sp³-hybridized carbons (Fsp3) is 0.417. The molecular weight excluding hydrogens is 288 g/mol. The lowest BCUT2D eigenvalue weighted by molar-refractivity contribution is -0.384. The molecule has 110 valence electrons. The summed E-state index contributed by atoms with van der Waals surface area (Å²) in [7, 11) is 0. The van der Waals surface area contributed by atoms with Crippen LogP contribution >= 0.6 is 11.6 Å². The molecule has 0 saturated heterocycles. The molecule has 0 fully saturated rings. The Morgan fingerprint density at radius 1 is 1.55 bits per heavy atom. The fourth-order valence-corrected chi connectivity index (χ4v) is 2.02. The molecule has 1 unspecified atom stereocenters. The number of halogens is 1. The van der Waals surface area contributed by atoms with Crippen molar-refractivity contribution in [1.82, 2.24) is 0 Å². The van der Waals surface area contributed by atoms with Crippen molar-refractivity contribution in [3.05, 3.63) is 32.8 Å². The summed E-state index contributed by atoms with van der Waals surface area (Å²) in [5.41, 5.74) is -0.515. The van der Waals surface area contributed by atoms with Crippen LogP contribution in [0.5, 0.6) is 0 Å². The lowest BCUT2D eigenvalue weighted by atomic mass is 10.1. The van der Waals surface area contributed by atoms with Gasteiger partial charge in [-0.05, 0) is 12.8 Å². The number of rotatable bonds is 7. The van der Waals surface area contributed by atoms with E-state index in [0.717, 1.165) is 12.1 Å². The van der Waals surface area contributed by atoms with Crippen LogP contribution in [0.1, 0.15) is 30.1 Å². The van der Waals surface area contributed by atoms with Crippen LogP contribution in [0.25, 0.3) is 0 Å². The first kappa shape index (κ1) is 16.2. The van der Waals surface area contributed by atoms with Gasteiger partial charge in [0.25, 0.3) is 5.69 Å². The zero-order valence-corrected chi connectivity index (χ0v) is 11.6. The van der Waals surface area contributed by atoms with Gasteiger partial charge in [-0.3, -0.25) is 10.1 Å². The van der Waals surface area contributed by atoms with Crippen LogP contribution in [-0.2, 0) is 0 Å². The summed E-state index contributed by atoms with van der Waals surface area (Å²) in [5, 5.41) is 31.7. The highest BCUT2D eigenvalue weighted by Gasteiger charge is 2.21. The molecular formula is C12H15ClN2O5. The maximum absolute atomic E-state index is 11.2. The second-order valence-electron chi connectivity index (χ2n) is 4.17. The molecule has 3 N–H and O–H groups in total. The molecule has 8 heteroatoms. The Labute approximate surface area is 120 Å². The average molecular weight is 303 g/mol. The van der Waals surface area contributed by atoms with Crippen molar-refractivity contribution in [3.8, 4) is 0 Å².